The van der Waals surface area contributed by atoms with E-state index >= 15 is 0 Å². The number of aromatic nitrogens is 3. The SMILES string of the molecule is O=C(CSc1nnc(-c2ccc(Cl)cc2)n1-c1ccccc1)Nc1cccc(Cl)c1Cl. The fourth-order valence-corrected chi connectivity index (χ4v) is 4.10. The first-order chi connectivity index (χ1) is 15.0. The predicted molar refractivity (Wildman–Crippen MR) is 128 cm³/mol. The average Bonchev–Trinajstić information content (AvgIpc) is 3.20. The van der Waals surface area contributed by atoms with E-state index in [4.69, 9.17) is 34.8 Å². The normalized spacial score (nSPS) is 10.8. The molecule has 0 fully saturated rings. The molecule has 1 amide bonds. The molecule has 9 heteroatoms. The van der Waals surface area contributed by atoms with Crippen molar-refractivity contribution >= 4 is 58.2 Å². The van der Waals surface area contributed by atoms with E-state index < -0.39 is 0 Å². The molecular weight excluding hydrogens is 475 g/mol. The number of thioether (sulfide) groups is 1. The van der Waals surface area contributed by atoms with Crippen LogP contribution in [0.25, 0.3) is 17.1 Å². The third-order valence-electron chi connectivity index (χ3n) is 4.31. The maximum absolute atomic E-state index is 12.5. The Morgan fingerprint density at radius 1 is 0.903 bits per heavy atom. The standard InChI is InChI=1S/C22H15Cl3N4OS/c23-15-11-9-14(10-12-15)21-27-28-22(29(21)16-5-2-1-3-6-16)31-13-19(30)26-18-8-4-7-17(24)20(18)25/h1-12H,13H2,(H,26,30). The van der Waals surface area contributed by atoms with Gasteiger partial charge in [0, 0.05) is 16.3 Å². The molecule has 0 aliphatic carbocycles. The van der Waals surface area contributed by atoms with Gasteiger partial charge < -0.3 is 5.32 Å². The maximum atomic E-state index is 12.5. The van der Waals surface area contributed by atoms with Crippen LogP contribution in [0.2, 0.25) is 15.1 Å². The zero-order chi connectivity index (χ0) is 21.8. The fourth-order valence-electron chi connectivity index (χ4n) is 2.88. The first-order valence-electron chi connectivity index (χ1n) is 9.16. The zero-order valence-electron chi connectivity index (χ0n) is 15.9. The van der Waals surface area contributed by atoms with Gasteiger partial charge in [0.05, 0.1) is 21.5 Å². The Bertz CT molecular complexity index is 1210. The summed E-state index contributed by atoms with van der Waals surface area (Å²) in [6.45, 7) is 0. The fraction of sp³-hybridized carbons (Fsp3) is 0.0455. The third kappa shape index (κ3) is 5.05. The molecule has 1 heterocycles. The number of rotatable bonds is 6. The van der Waals surface area contributed by atoms with Crippen LogP contribution in [-0.4, -0.2) is 26.4 Å². The minimum Gasteiger partial charge on any atom is -0.324 e. The lowest BCUT2D eigenvalue weighted by Gasteiger charge is -2.11. The van der Waals surface area contributed by atoms with E-state index in [-0.39, 0.29) is 11.7 Å². The van der Waals surface area contributed by atoms with Crippen molar-refractivity contribution in [3.63, 3.8) is 0 Å². The number of hydrogen-bond donors (Lipinski definition) is 1. The average molecular weight is 490 g/mol. The highest BCUT2D eigenvalue weighted by molar-refractivity contribution is 7.99. The molecule has 0 bridgehead atoms. The number of carbonyl (C=O) groups excluding carboxylic acids is 1. The highest BCUT2D eigenvalue weighted by Crippen LogP contribution is 2.31. The molecule has 4 rings (SSSR count). The second kappa shape index (κ2) is 9.75. The molecule has 0 atom stereocenters. The summed E-state index contributed by atoms with van der Waals surface area (Å²) < 4.78 is 1.91. The number of nitrogens with zero attached hydrogens (tertiary/aromatic N) is 3. The van der Waals surface area contributed by atoms with Gasteiger partial charge in [0.25, 0.3) is 0 Å². The zero-order valence-corrected chi connectivity index (χ0v) is 19.0. The summed E-state index contributed by atoms with van der Waals surface area (Å²) in [5, 5.41) is 13.4. The predicted octanol–water partition coefficient (Wildman–Crippen LogP) is 6.63. The number of nitrogens with one attached hydrogen (secondary N) is 1. The molecule has 5 nitrogen and oxygen atoms in total. The molecule has 3 aromatic carbocycles. The van der Waals surface area contributed by atoms with E-state index in [0.29, 0.717) is 31.7 Å². The monoisotopic (exact) mass is 488 g/mol. The van der Waals surface area contributed by atoms with E-state index in [1.807, 2.05) is 47.0 Å². The quantitative estimate of drug-likeness (QED) is 0.309. The number of anilines is 1. The Balaban J connectivity index is 1.59. The summed E-state index contributed by atoms with van der Waals surface area (Å²) in [6.07, 6.45) is 0. The van der Waals surface area contributed by atoms with Gasteiger partial charge in [0.15, 0.2) is 11.0 Å². The van der Waals surface area contributed by atoms with Crippen molar-refractivity contribution in [1.29, 1.82) is 0 Å². The van der Waals surface area contributed by atoms with Crippen LogP contribution in [0.1, 0.15) is 0 Å². The molecule has 0 unspecified atom stereocenters. The molecule has 1 N–H and O–H groups in total. The van der Waals surface area contributed by atoms with Gasteiger partial charge in [0.1, 0.15) is 0 Å². The van der Waals surface area contributed by atoms with Gasteiger partial charge in [-0.15, -0.1) is 10.2 Å². The summed E-state index contributed by atoms with van der Waals surface area (Å²) in [7, 11) is 0. The Kier molecular flexibility index (Phi) is 6.83. The van der Waals surface area contributed by atoms with E-state index in [1.54, 1.807) is 30.3 Å². The smallest absolute Gasteiger partial charge is 0.234 e. The number of benzene rings is 3. The minimum atomic E-state index is -0.232. The molecule has 1 aromatic heterocycles. The van der Waals surface area contributed by atoms with Crippen LogP contribution in [-0.2, 0) is 4.79 Å². The van der Waals surface area contributed by atoms with E-state index in [2.05, 4.69) is 15.5 Å². The molecule has 0 radical (unpaired) electrons. The van der Waals surface area contributed by atoms with Gasteiger partial charge in [-0.3, -0.25) is 9.36 Å². The van der Waals surface area contributed by atoms with Gasteiger partial charge in [-0.05, 0) is 48.5 Å². The van der Waals surface area contributed by atoms with E-state index in [9.17, 15) is 4.79 Å². The number of para-hydroxylation sites is 1. The molecule has 0 saturated heterocycles. The van der Waals surface area contributed by atoms with Gasteiger partial charge in [-0.25, -0.2) is 0 Å². The topological polar surface area (TPSA) is 59.8 Å². The van der Waals surface area contributed by atoms with Crippen LogP contribution in [0, 0.1) is 0 Å². The molecule has 0 aliphatic heterocycles. The minimum absolute atomic E-state index is 0.119. The first kappa shape index (κ1) is 21.7. The van der Waals surface area contributed by atoms with Crippen LogP contribution in [0.5, 0.6) is 0 Å². The highest BCUT2D eigenvalue weighted by atomic mass is 35.5. The van der Waals surface area contributed by atoms with Crippen molar-refractivity contribution in [1.82, 2.24) is 14.8 Å². The molecule has 31 heavy (non-hydrogen) atoms. The van der Waals surface area contributed by atoms with Crippen LogP contribution < -0.4 is 5.32 Å². The lowest BCUT2D eigenvalue weighted by Crippen LogP contribution is -2.15. The Hall–Kier alpha value is -2.51. The summed E-state index contributed by atoms with van der Waals surface area (Å²) in [4.78, 5) is 12.5. The van der Waals surface area contributed by atoms with Gasteiger partial charge in [-0.2, -0.15) is 0 Å². The number of halogens is 3. The van der Waals surface area contributed by atoms with Crippen molar-refractivity contribution in [2.24, 2.45) is 0 Å². The lowest BCUT2D eigenvalue weighted by atomic mass is 10.2. The lowest BCUT2D eigenvalue weighted by molar-refractivity contribution is -0.113. The maximum Gasteiger partial charge on any atom is 0.234 e. The third-order valence-corrected chi connectivity index (χ3v) is 6.31. The number of hydrogen-bond acceptors (Lipinski definition) is 4. The summed E-state index contributed by atoms with van der Waals surface area (Å²) >= 11 is 19.5. The second-order valence-corrected chi connectivity index (χ2v) is 8.59. The Labute approximate surface area is 198 Å². The van der Waals surface area contributed by atoms with Gasteiger partial charge >= 0.3 is 0 Å². The van der Waals surface area contributed by atoms with Gasteiger partial charge in [-0.1, -0.05) is 70.8 Å². The van der Waals surface area contributed by atoms with Crippen LogP contribution >= 0.6 is 46.6 Å². The van der Waals surface area contributed by atoms with Crippen LogP contribution in [0.15, 0.2) is 78.0 Å². The van der Waals surface area contributed by atoms with Gasteiger partial charge in [0.2, 0.25) is 5.91 Å². The van der Waals surface area contributed by atoms with Crippen LogP contribution in [0.3, 0.4) is 0 Å². The molecule has 0 saturated carbocycles. The highest BCUT2D eigenvalue weighted by Gasteiger charge is 2.18. The Morgan fingerprint density at radius 2 is 1.65 bits per heavy atom. The van der Waals surface area contributed by atoms with Crippen LogP contribution in [0.4, 0.5) is 5.69 Å². The van der Waals surface area contributed by atoms with E-state index in [1.165, 1.54) is 11.8 Å². The van der Waals surface area contributed by atoms with E-state index in [0.717, 1.165) is 11.3 Å². The number of amides is 1. The van der Waals surface area contributed by atoms with Crippen molar-refractivity contribution in [2.75, 3.05) is 11.1 Å². The van der Waals surface area contributed by atoms with Crippen molar-refractivity contribution in [2.45, 2.75) is 5.16 Å². The summed E-state index contributed by atoms with van der Waals surface area (Å²) in [5.41, 5.74) is 2.21. The van der Waals surface area contributed by atoms with Crippen molar-refractivity contribution in [3.05, 3.63) is 87.9 Å². The Morgan fingerprint density at radius 3 is 2.39 bits per heavy atom. The number of carbonyl (C=O) groups is 1. The molecule has 0 spiro atoms. The molecule has 0 aliphatic rings. The largest absolute Gasteiger partial charge is 0.324 e. The molecular formula is C22H15Cl3N4OS. The first-order valence-corrected chi connectivity index (χ1v) is 11.3. The van der Waals surface area contributed by atoms with Crippen molar-refractivity contribution < 1.29 is 4.79 Å². The summed E-state index contributed by atoms with van der Waals surface area (Å²) in [6, 6.07) is 22.2. The molecule has 156 valence electrons. The van der Waals surface area contributed by atoms with Crippen molar-refractivity contribution in [3.8, 4) is 17.1 Å². The second-order valence-electron chi connectivity index (χ2n) is 6.42. The molecule has 4 aromatic rings. The summed E-state index contributed by atoms with van der Waals surface area (Å²) in [5.74, 6) is 0.544.